The largest absolute Gasteiger partial charge is 0.462 e. The summed E-state index contributed by atoms with van der Waals surface area (Å²) in [6, 6.07) is 0. The molecule has 1 rings (SSSR count). The lowest BCUT2D eigenvalue weighted by Crippen LogP contribution is -2.78. The first-order valence-corrected chi connectivity index (χ1v) is 5.55. The molecule has 3 atom stereocenters. The number of carbonyl (C=O) groups is 1. The summed E-state index contributed by atoms with van der Waals surface area (Å²) in [6.07, 6.45) is -22.8. The molecule has 3 unspecified atom stereocenters. The van der Waals surface area contributed by atoms with Gasteiger partial charge in [0.1, 0.15) is 0 Å². The second-order valence-electron chi connectivity index (χ2n) is 4.48. The zero-order chi connectivity index (χ0) is 19.4. The molecular weight excluding hydrogens is 374 g/mol. The lowest BCUT2D eigenvalue weighted by Gasteiger charge is -2.50. The smallest absolute Gasteiger partial charge is 0.415 e. The number of alkyl halides is 10. The minimum atomic E-state index is -6.63. The summed E-state index contributed by atoms with van der Waals surface area (Å²) < 4.78 is 136. The molecule has 14 heteroatoms. The topological polar surface area (TPSA) is 55.8 Å². The highest BCUT2D eigenvalue weighted by Crippen LogP contribution is 2.57. The predicted molar refractivity (Wildman–Crippen MR) is 51.9 cm³/mol. The van der Waals surface area contributed by atoms with Gasteiger partial charge in [-0.15, -0.1) is 0 Å². The van der Waals surface area contributed by atoms with Crippen molar-refractivity contribution in [3.8, 4) is 0 Å². The van der Waals surface area contributed by atoms with Gasteiger partial charge in [-0.25, -0.2) is 13.6 Å². The zero-order valence-electron chi connectivity index (χ0n) is 10.9. The normalized spacial score (nSPS) is 33.0. The highest BCUT2D eigenvalue weighted by molar-refractivity contribution is 5.81. The summed E-state index contributed by atoms with van der Waals surface area (Å²) in [7, 11) is 0. The maximum Gasteiger partial charge on any atom is 0.462 e. The average molecular weight is 380 g/mol. The summed E-state index contributed by atoms with van der Waals surface area (Å²) in [4.78, 5) is 10.8. The number of hydrogen-bond donors (Lipinski definition) is 1. The Morgan fingerprint density at radius 1 is 1.12 bits per heavy atom. The van der Waals surface area contributed by atoms with Gasteiger partial charge in [-0.05, 0) is 0 Å². The number of carbonyl (C=O) groups excluding carboxylic acids is 1. The van der Waals surface area contributed by atoms with Gasteiger partial charge in [0.15, 0.2) is 6.10 Å². The molecule has 1 aliphatic heterocycles. The number of aliphatic hydroxyl groups excluding tert-OH is 1. The molecule has 0 aromatic rings. The van der Waals surface area contributed by atoms with Gasteiger partial charge in [-0.2, -0.15) is 35.1 Å². The van der Waals surface area contributed by atoms with Gasteiger partial charge >= 0.3 is 36.0 Å². The number of hydrogen-bond acceptors (Lipinski definition) is 4. The molecule has 0 amide bonds. The van der Waals surface area contributed by atoms with Crippen molar-refractivity contribution in [1.82, 2.24) is 0 Å². The summed E-state index contributed by atoms with van der Waals surface area (Å²) in [5.41, 5.74) is 0. The zero-order valence-corrected chi connectivity index (χ0v) is 10.9. The molecule has 1 fully saturated rings. The van der Waals surface area contributed by atoms with Crippen LogP contribution in [0.5, 0.6) is 0 Å². The van der Waals surface area contributed by atoms with Crippen molar-refractivity contribution in [3.63, 3.8) is 0 Å². The summed E-state index contributed by atoms with van der Waals surface area (Å²) in [6.45, 7) is 2.53. The Kier molecular flexibility index (Phi) is 4.67. The SMILES string of the molecule is C=CC(=O)OC1(C(F)(F)F)OC(C(F)(F)F)C(F)(F)C(O)C1(F)F. The second kappa shape index (κ2) is 5.47. The lowest BCUT2D eigenvalue weighted by atomic mass is 9.89. The third-order valence-corrected chi connectivity index (χ3v) is 2.86. The molecule has 1 N–H and O–H groups in total. The van der Waals surface area contributed by atoms with Crippen molar-refractivity contribution in [3.05, 3.63) is 12.7 Å². The Hall–Kier alpha value is -1.57. The van der Waals surface area contributed by atoms with Gasteiger partial charge in [0.2, 0.25) is 6.10 Å². The number of esters is 1. The van der Waals surface area contributed by atoms with E-state index in [1.54, 1.807) is 0 Å². The van der Waals surface area contributed by atoms with Crippen molar-refractivity contribution in [2.45, 2.75) is 42.2 Å². The molecule has 0 bridgehead atoms. The molecule has 0 radical (unpaired) electrons. The molecule has 0 saturated carbocycles. The molecule has 24 heavy (non-hydrogen) atoms. The molecule has 1 heterocycles. The van der Waals surface area contributed by atoms with Crippen LogP contribution in [0.1, 0.15) is 0 Å². The molecule has 1 aliphatic rings. The first kappa shape index (κ1) is 20.5. The van der Waals surface area contributed by atoms with Gasteiger partial charge in [0, 0.05) is 6.08 Å². The molecule has 4 nitrogen and oxygen atoms in total. The Morgan fingerprint density at radius 3 is 1.92 bits per heavy atom. The predicted octanol–water partition coefficient (Wildman–Crippen LogP) is 2.57. The number of rotatable bonds is 2. The Morgan fingerprint density at radius 2 is 1.58 bits per heavy atom. The van der Waals surface area contributed by atoms with Crippen LogP contribution in [-0.4, -0.2) is 53.3 Å². The summed E-state index contributed by atoms with van der Waals surface area (Å²) >= 11 is 0. The van der Waals surface area contributed by atoms with Crippen molar-refractivity contribution in [2.75, 3.05) is 0 Å². The molecular formula is C10H6F10O4. The maximum absolute atomic E-state index is 13.7. The van der Waals surface area contributed by atoms with Crippen LogP contribution in [0.2, 0.25) is 0 Å². The van der Waals surface area contributed by atoms with E-state index in [0.29, 0.717) is 0 Å². The van der Waals surface area contributed by atoms with Crippen LogP contribution in [0, 0.1) is 0 Å². The van der Waals surface area contributed by atoms with Gasteiger partial charge in [-0.1, -0.05) is 6.58 Å². The van der Waals surface area contributed by atoms with Crippen LogP contribution in [0.3, 0.4) is 0 Å². The van der Waals surface area contributed by atoms with E-state index >= 15 is 0 Å². The van der Waals surface area contributed by atoms with E-state index in [1.165, 1.54) is 0 Å². The fourth-order valence-electron chi connectivity index (χ4n) is 1.76. The Balaban J connectivity index is 3.67. The van der Waals surface area contributed by atoms with Gasteiger partial charge in [0.05, 0.1) is 0 Å². The van der Waals surface area contributed by atoms with Crippen LogP contribution in [0.25, 0.3) is 0 Å². The Bertz CT molecular complexity index is 525. The summed E-state index contributed by atoms with van der Waals surface area (Å²) in [5, 5.41) is 8.79. The third kappa shape index (κ3) is 2.81. The van der Waals surface area contributed by atoms with Crippen molar-refractivity contribution < 1.29 is 63.3 Å². The van der Waals surface area contributed by atoms with Gasteiger partial charge < -0.3 is 14.6 Å². The fourth-order valence-corrected chi connectivity index (χ4v) is 1.76. The van der Waals surface area contributed by atoms with Crippen LogP contribution in [0.15, 0.2) is 12.7 Å². The van der Waals surface area contributed by atoms with E-state index in [-0.39, 0.29) is 6.08 Å². The Labute approximate surface area is 125 Å². The summed E-state index contributed by atoms with van der Waals surface area (Å²) in [5.74, 6) is -20.2. The van der Waals surface area contributed by atoms with E-state index < -0.39 is 48.2 Å². The van der Waals surface area contributed by atoms with Crippen molar-refractivity contribution >= 4 is 5.97 Å². The number of halogens is 10. The molecule has 140 valence electrons. The third-order valence-electron chi connectivity index (χ3n) is 2.86. The molecule has 0 spiro atoms. The van der Waals surface area contributed by atoms with Gasteiger partial charge in [-0.3, -0.25) is 0 Å². The number of aliphatic hydroxyl groups is 1. The monoisotopic (exact) mass is 380 g/mol. The fraction of sp³-hybridized carbons (Fsp3) is 0.700. The van der Waals surface area contributed by atoms with E-state index in [9.17, 15) is 48.7 Å². The van der Waals surface area contributed by atoms with Crippen LogP contribution in [0.4, 0.5) is 43.9 Å². The van der Waals surface area contributed by atoms with Gasteiger partial charge in [0.25, 0.3) is 0 Å². The molecule has 0 aliphatic carbocycles. The molecule has 1 saturated heterocycles. The number of ether oxygens (including phenoxy) is 2. The lowest BCUT2D eigenvalue weighted by molar-refractivity contribution is -0.511. The minimum Gasteiger partial charge on any atom is -0.415 e. The van der Waals surface area contributed by atoms with Crippen LogP contribution < -0.4 is 0 Å². The maximum atomic E-state index is 13.7. The van der Waals surface area contributed by atoms with Crippen LogP contribution >= 0.6 is 0 Å². The molecule has 0 aromatic carbocycles. The standard InChI is InChI=1S/C10H6F10O4/c1-2-3(21)23-9(10(18,19)20)7(13,14)4(22)6(11,12)5(24-9)8(15,16)17/h2,4-5,22H,1H2. The first-order valence-electron chi connectivity index (χ1n) is 5.55. The minimum absolute atomic E-state index is 0.158. The second-order valence-corrected chi connectivity index (χ2v) is 4.48. The van der Waals surface area contributed by atoms with E-state index in [2.05, 4.69) is 16.1 Å². The highest BCUT2D eigenvalue weighted by Gasteiger charge is 2.87. The van der Waals surface area contributed by atoms with Crippen LogP contribution in [-0.2, 0) is 14.3 Å². The van der Waals surface area contributed by atoms with E-state index in [0.717, 1.165) is 0 Å². The quantitative estimate of drug-likeness (QED) is 0.455. The van der Waals surface area contributed by atoms with E-state index in [4.69, 9.17) is 5.11 Å². The first-order chi connectivity index (χ1) is 10.4. The molecule has 0 aromatic heterocycles. The van der Waals surface area contributed by atoms with Crippen molar-refractivity contribution in [1.29, 1.82) is 0 Å². The van der Waals surface area contributed by atoms with E-state index in [1.807, 2.05) is 0 Å². The average Bonchev–Trinajstić information content (AvgIpc) is 2.37. The van der Waals surface area contributed by atoms with Crippen molar-refractivity contribution in [2.24, 2.45) is 0 Å². The highest BCUT2D eigenvalue weighted by atomic mass is 19.4.